The van der Waals surface area contributed by atoms with Crippen LogP contribution >= 0.6 is 11.3 Å². The van der Waals surface area contributed by atoms with Crippen LogP contribution in [0.15, 0.2) is 58.4 Å². The Balaban J connectivity index is 1.57. The van der Waals surface area contributed by atoms with E-state index in [0.717, 1.165) is 28.1 Å². The number of rotatable bonds is 5. The van der Waals surface area contributed by atoms with Gasteiger partial charge in [0.25, 0.3) is 0 Å². The van der Waals surface area contributed by atoms with E-state index in [2.05, 4.69) is 10.1 Å². The zero-order valence-electron chi connectivity index (χ0n) is 14.1. The fraction of sp³-hybridized carbons (Fsp3) is 0.150. The van der Waals surface area contributed by atoms with E-state index < -0.39 is 5.97 Å². The molecular formula is C20H16N2O3S. The smallest absolute Gasteiger partial charge is 0.338 e. The maximum absolute atomic E-state index is 12.4. The molecule has 0 saturated heterocycles. The van der Waals surface area contributed by atoms with E-state index in [4.69, 9.17) is 9.26 Å². The highest BCUT2D eigenvalue weighted by Gasteiger charge is 2.15. The van der Waals surface area contributed by atoms with E-state index in [1.165, 1.54) is 0 Å². The Bertz CT molecular complexity index is 1050. The van der Waals surface area contributed by atoms with Crippen LogP contribution in [0.25, 0.3) is 22.2 Å². The molecule has 0 unspecified atom stereocenters. The fourth-order valence-corrected chi connectivity index (χ4v) is 3.40. The molecule has 0 saturated carbocycles. The van der Waals surface area contributed by atoms with Crippen LogP contribution in [0, 0.1) is 0 Å². The molecule has 6 heteroatoms. The van der Waals surface area contributed by atoms with Gasteiger partial charge in [-0.1, -0.05) is 42.4 Å². The summed E-state index contributed by atoms with van der Waals surface area (Å²) in [4.78, 5) is 16.8. The minimum absolute atomic E-state index is 0.169. The molecule has 26 heavy (non-hydrogen) atoms. The topological polar surface area (TPSA) is 65.2 Å². The van der Waals surface area contributed by atoms with Gasteiger partial charge in [-0.05, 0) is 24.6 Å². The minimum atomic E-state index is -0.391. The van der Waals surface area contributed by atoms with Crippen molar-refractivity contribution in [3.05, 3.63) is 70.2 Å². The number of carbonyl (C=O) groups is 1. The molecule has 4 rings (SSSR count). The lowest BCUT2D eigenvalue weighted by Crippen LogP contribution is -2.05. The Hall–Kier alpha value is -2.99. The van der Waals surface area contributed by atoms with Crippen LogP contribution in [-0.2, 0) is 17.8 Å². The first-order chi connectivity index (χ1) is 12.7. The van der Waals surface area contributed by atoms with Gasteiger partial charge in [0.15, 0.2) is 5.76 Å². The van der Waals surface area contributed by atoms with Crippen LogP contribution in [-0.4, -0.2) is 16.1 Å². The lowest BCUT2D eigenvalue weighted by molar-refractivity contribution is 0.0468. The van der Waals surface area contributed by atoms with E-state index in [-0.39, 0.29) is 6.61 Å². The average molecular weight is 364 g/mol. The summed E-state index contributed by atoms with van der Waals surface area (Å²) >= 11 is 1.58. The number of thiazole rings is 1. The summed E-state index contributed by atoms with van der Waals surface area (Å²) in [6.45, 7) is 2.22. The highest BCUT2D eigenvalue weighted by atomic mass is 32.1. The summed E-state index contributed by atoms with van der Waals surface area (Å²) in [6, 6.07) is 14.9. The Morgan fingerprint density at radius 2 is 2.04 bits per heavy atom. The SMILES string of the molecule is CCc1nc(COC(=O)c2ccc3noc(-c4ccccc4)c3c2)cs1. The van der Waals surface area contributed by atoms with Crippen molar-refractivity contribution in [3.8, 4) is 11.3 Å². The average Bonchev–Trinajstić information content (AvgIpc) is 3.33. The number of nitrogens with zero attached hydrogens (tertiary/aromatic N) is 2. The predicted octanol–water partition coefficient (Wildman–Crippen LogP) is 4.87. The van der Waals surface area contributed by atoms with Gasteiger partial charge in [-0.3, -0.25) is 0 Å². The lowest BCUT2D eigenvalue weighted by atomic mass is 10.1. The number of ether oxygens (including phenoxy) is 1. The van der Waals surface area contributed by atoms with E-state index in [1.807, 2.05) is 42.6 Å². The van der Waals surface area contributed by atoms with Crippen LogP contribution < -0.4 is 0 Å². The minimum Gasteiger partial charge on any atom is -0.456 e. The van der Waals surface area contributed by atoms with Gasteiger partial charge in [0.05, 0.1) is 21.7 Å². The third-order valence-corrected chi connectivity index (χ3v) is 5.04. The van der Waals surface area contributed by atoms with E-state index in [1.54, 1.807) is 29.5 Å². The van der Waals surface area contributed by atoms with Crippen molar-refractivity contribution in [2.75, 3.05) is 0 Å². The van der Waals surface area contributed by atoms with Gasteiger partial charge in [-0.15, -0.1) is 11.3 Å². The first-order valence-corrected chi connectivity index (χ1v) is 9.18. The van der Waals surface area contributed by atoms with Crippen molar-refractivity contribution in [2.45, 2.75) is 20.0 Å². The number of hydrogen-bond acceptors (Lipinski definition) is 6. The molecule has 2 aromatic carbocycles. The number of aromatic nitrogens is 2. The maximum Gasteiger partial charge on any atom is 0.338 e. The molecule has 2 aromatic heterocycles. The molecule has 0 atom stereocenters. The summed E-state index contributed by atoms with van der Waals surface area (Å²) in [6.07, 6.45) is 0.880. The van der Waals surface area contributed by atoms with Gasteiger partial charge in [-0.2, -0.15) is 0 Å². The summed E-state index contributed by atoms with van der Waals surface area (Å²) in [5, 5.41) is 7.81. The highest BCUT2D eigenvalue weighted by Crippen LogP contribution is 2.29. The molecule has 4 aromatic rings. The number of hydrogen-bond donors (Lipinski definition) is 0. The van der Waals surface area contributed by atoms with Gasteiger partial charge < -0.3 is 9.26 Å². The fourth-order valence-electron chi connectivity index (χ4n) is 2.67. The van der Waals surface area contributed by atoms with Gasteiger partial charge in [0, 0.05) is 10.9 Å². The quantitative estimate of drug-likeness (QED) is 0.473. The first kappa shape index (κ1) is 16.5. The van der Waals surface area contributed by atoms with Crippen molar-refractivity contribution in [3.63, 3.8) is 0 Å². The molecule has 0 aliphatic rings. The van der Waals surface area contributed by atoms with Crippen LogP contribution in [0.1, 0.15) is 28.0 Å². The Morgan fingerprint density at radius 3 is 2.81 bits per heavy atom. The molecular weight excluding hydrogens is 348 g/mol. The monoisotopic (exact) mass is 364 g/mol. The van der Waals surface area contributed by atoms with Crippen molar-refractivity contribution >= 4 is 28.2 Å². The molecule has 2 heterocycles. The zero-order chi connectivity index (χ0) is 17.9. The van der Waals surface area contributed by atoms with E-state index >= 15 is 0 Å². The van der Waals surface area contributed by atoms with Crippen molar-refractivity contribution < 1.29 is 14.1 Å². The molecule has 0 spiro atoms. The van der Waals surface area contributed by atoms with E-state index in [9.17, 15) is 4.79 Å². The summed E-state index contributed by atoms with van der Waals surface area (Å²) in [5.41, 5.74) is 2.85. The summed E-state index contributed by atoms with van der Waals surface area (Å²) in [7, 11) is 0. The molecule has 5 nitrogen and oxygen atoms in total. The standard InChI is InChI=1S/C20H16N2O3S/c1-2-18-21-15(12-26-18)11-24-20(23)14-8-9-17-16(10-14)19(25-22-17)13-6-4-3-5-7-13/h3-10,12H,2,11H2,1H3. The molecule has 130 valence electrons. The zero-order valence-corrected chi connectivity index (χ0v) is 15.0. The van der Waals surface area contributed by atoms with E-state index in [0.29, 0.717) is 16.8 Å². The third-order valence-electron chi connectivity index (χ3n) is 4.00. The molecule has 0 bridgehead atoms. The molecule has 0 amide bonds. The highest BCUT2D eigenvalue weighted by molar-refractivity contribution is 7.09. The second-order valence-corrected chi connectivity index (χ2v) is 6.71. The number of esters is 1. The Kier molecular flexibility index (Phi) is 4.50. The largest absolute Gasteiger partial charge is 0.456 e. The van der Waals surface area contributed by atoms with Crippen LogP contribution in [0.5, 0.6) is 0 Å². The van der Waals surface area contributed by atoms with Crippen molar-refractivity contribution in [1.29, 1.82) is 0 Å². The normalized spacial score (nSPS) is 11.0. The van der Waals surface area contributed by atoms with Gasteiger partial charge in [0.2, 0.25) is 0 Å². The van der Waals surface area contributed by atoms with Crippen molar-refractivity contribution in [2.24, 2.45) is 0 Å². The molecule has 0 N–H and O–H groups in total. The first-order valence-electron chi connectivity index (χ1n) is 8.30. The summed E-state index contributed by atoms with van der Waals surface area (Å²) < 4.78 is 10.9. The Labute approximate surface area is 154 Å². The third kappa shape index (κ3) is 3.23. The molecule has 0 fully saturated rings. The van der Waals surface area contributed by atoms with Crippen LogP contribution in [0.4, 0.5) is 0 Å². The second-order valence-electron chi connectivity index (χ2n) is 5.77. The maximum atomic E-state index is 12.4. The lowest BCUT2D eigenvalue weighted by Gasteiger charge is -2.03. The molecule has 0 aliphatic carbocycles. The van der Waals surface area contributed by atoms with Gasteiger partial charge in [0.1, 0.15) is 12.1 Å². The van der Waals surface area contributed by atoms with Crippen molar-refractivity contribution in [1.82, 2.24) is 10.1 Å². The number of benzene rings is 2. The predicted molar refractivity (Wildman–Crippen MR) is 100 cm³/mol. The van der Waals surface area contributed by atoms with Gasteiger partial charge in [-0.25, -0.2) is 9.78 Å². The second kappa shape index (κ2) is 7.09. The summed E-state index contributed by atoms with van der Waals surface area (Å²) in [5.74, 6) is 0.250. The van der Waals surface area contributed by atoms with Crippen LogP contribution in [0.2, 0.25) is 0 Å². The number of carbonyl (C=O) groups excluding carboxylic acids is 1. The van der Waals surface area contributed by atoms with Gasteiger partial charge >= 0.3 is 5.97 Å². The van der Waals surface area contributed by atoms with Crippen LogP contribution in [0.3, 0.4) is 0 Å². The molecule has 0 radical (unpaired) electrons. The molecule has 0 aliphatic heterocycles. The number of fused-ring (bicyclic) bond motifs is 1. The number of aryl methyl sites for hydroxylation is 1. The Morgan fingerprint density at radius 1 is 1.19 bits per heavy atom.